The van der Waals surface area contributed by atoms with Gasteiger partial charge in [0.05, 0.1) is 13.2 Å². The third-order valence-corrected chi connectivity index (χ3v) is 4.08. The van der Waals surface area contributed by atoms with E-state index < -0.39 is 11.8 Å². The van der Waals surface area contributed by atoms with Crippen LogP contribution in [0.3, 0.4) is 0 Å². The molecule has 1 heterocycles. The van der Waals surface area contributed by atoms with Crippen molar-refractivity contribution < 1.29 is 19.1 Å². The Labute approximate surface area is 146 Å². The fourth-order valence-corrected chi connectivity index (χ4v) is 2.26. The first-order valence-electron chi connectivity index (χ1n) is 7.57. The highest BCUT2D eigenvalue weighted by molar-refractivity contribution is 7.80. The van der Waals surface area contributed by atoms with E-state index in [0.717, 1.165) is 6.42 Å². The number of nitrogens with one attached hydrogen (secondary N) is 1. The van der Waals surface area contributed by atoms with Gasteiger partial charge in [0.25, 0.3) is 11.8 Å². The third kappa shape index (κ3) is 3.73. The van der Waals surface area contributed by atoms with Gasteiger partial charge in [-0.25, -0.2) is 0 Å². The van der Waals surface area contributed by atoms with Gasteiger partial charge in [-0.3, -0.25) is 19.8 Å². The van der Waals surface area contributed by atoms with Gasteiger partial charge in [-0.2, -0.15) is 0 Å². The molecule has 1 aliphatic rings. The Hall–Kier alpha value is -2.41. The minimum atomic E-state index is -0.512. The first-order valence-corrected chi connectivity index (χ1v) is 7.98. The lowest BCUT2D eigenvalue weighted by molar-refractivity contribution is -0.128. The number of hydrogen-bond acceptors (Lipinski definition) is 5. The van der Waals surface area contributed by atoms with E-state index in [0.29, 0.717) is 17.1 Å². The van der Waals surface area contributed by atoms with Gasteiger partial charge in [-0.05, 0) is 49.3 Å². The van der Waals surface area contributed by atoms with Crippen LogP contribution in [0.4, 0.5) is 0 Å². The first kappa shape index (κ1) is 17.9. The van der Waals surface area contributed by atoms with Crippen LogP contribution in [0.1, 0.15) is 25.8 Å². The zero-order valence-electron chi connectivity index (χ0n) is 14.1. The van der Waals surface area contributed by atoms with Crippen molar-refractivity contribution in [1.29, 1.82) is 0 Å². The summed E-state index contributed by atoms with van der Waals surface area (Å²) in [5.41, 5.74) is 0.673. The molecule has 0 bridgehead atoms. The molecule has 0 saturated carbocycles. The van der Waals surface area contributed by atoms with Crippen LogP contribution in [0.2, 0.25) is 0 Å². The number of rotatable bonds is 5. The van der Waals surface area contributed by atoms with Crippen molar-refractivity contribution in [3.8, 4) is 11.5 Å². The lowest BCUT2D eigenvalue weighted by atomic mass is 10.1. The Morgan fingerprint density at radius 1 is 1.33 bits per heavy atom. The highest BCUT2D eigenvalue weighted by Crippen LogP contribution is 2.30. The van der Waals surface area contributed by atoms with Crippen LogP contribution in [-0.2, 0) is 9.59 Å². The van der Waals surface area contributed by atoms with Crippen LogP contribution < -0.4 is 14.8 Å². The summed E-state index contributed by atoms with van der Waals surface area (Å²) in [6, 6.07) is 5.25. The topological polar surface area (TPSA) is 67.9 Å². The SMILES string of the molecule is CCC(C)Oc1ccc(/C=C2\C(=O)NC(=S)N(C)C2=O)cc1OC. The van der Waals surface area contributed by atoms with E-state index in [4.69, 9.17) is 21.7 Å². The summed E-state index contributed by atoms with van der Waals surface area (Å²) in [5, 5.41) is 2.57. The Kier molecular flexibility index (Phi) is 5.56. The van der Waals surface area contributed by atoms with E-state index >= 15 is 0 Å². The van der Waals surface area contributed by atoms with Crippen molar-refractivity contribution in [1.82, 2.24) is 10.2 Å². The molecule has 1 aromatic carbocycles. The van der Waals surface area contributed by atoms with Crippen molar-refractivity contribution in [2.75, 3.05) is 14.2 Å². The van der Waals surface area contributed by atoms with E-state index in [1.807, 2.05) is 13.8 Å². The zero-order chi connectivity index (χ0) is 17.9. The van der Waals surface area contributed by atoms with Gasteiger partial charge in [-0.1, -0.05) is 13.0 Å². The van der Waals surface area contributed by atoms with E-state index in [1.165, 1.54) is 18.0 Å². The summed E-state index contributed by atoms with van der Waals surface area (Å²) in [7, 11) is 3.06. The molecule has 0 aliphatic carbocycles. The van der Waals surface area contributed by atoms with Crippen LogP contribution in [0.5, 0.6) is 11.5 Å². The predicted octanol–water partition coefficient (Wildman–Crippen LogP) is 2.13. The molecule has 128 valence electrons. The molecule has 1 atom stereocenters. The molecule has 6 nitrogen and oxygen atoms in total. The Morgan fingerprint density at radius 2 is 2.04 bits per heavy atom. The van der Waals surface area contributed by atoms with Gasteiger partial charge in [-0.15, -0.1) is 0 Å². The quantitative estimate of drug-likeness (QED) is 0.502. The molecule has 24 heavy (non-hydrogen) atoms. The number of hydrogen-bond donors (Lipinski definition) is 1. The van der Waals surface area contributed by atoms with Crippen molar-refractivity contribution in [2.45, 2.75) is 26.4 Å². The average Bonchev–Trinajstić information content (AvgIpc) is 2.57. The summed E-state index contributed by atoms with van der Waals surface area (Å²) in [6.07, 6.45) is 2.44. The predicted molar refractivity (Wildman–Crippen MR) is 94.9 cm³/mol. The maximum atomic E-state index is 12.2. The number of carbonyl (C=O) groups is 2. The van der Waals surface area contributed by atoms with Crippen molar-refractivity contribution in [3.05, 3.63) is 29.3 Å². The van der Waals surface area contributed by atoms with Crippen LogP contribution in [0, 0.1) is 0 Å². The third-order valence-electron chi connectivity index (χ3n) is 3.71. The number of thiocarbonyl (C=S) groups is 1. The van der Waals surface area contributed by atoms with Gasteiger partial charge in [0.1, 0.15) is 5.57 Å². The molecule has 1 N–H and O–H groups in total. The lowest BCUT2D eigenvalue weighted by Gasteiger charge is -2.25. The number of carbonyl (C=O) groups excluding carboxylic acids is 2. The highest BCUT2D eigenvalue weighted by Gasteiger charge is 2.30. The molecule has 1 aliphatic heterocycles. The van der Waals surface area contributed by atoms with Gasteiger partial charge in [0, 0.05) is 7.05 Å². The molecule has 2 amide bonds. The minimum absolute atomic E-state index is 0.0174. The van der Waals surface area contributed by atoms with Gasteiger partial charge in [0.2, 0.25) is 0 Å². The summed E-state index contributed by atoms with van der Waals surface area (Å²) in [5.74, 6) is 0.202. The molecular weight excluding hydrogens is 328 g/mol. The number of methoxy groups -OCH3 is 1. The lowest BCUT2D eigenvalue weighted by Crippen LogP contribution is -2.52. The maximum absolute atomic E-state index is 12.2. The summed E-state index contributed by atoms with van der Waals surface area (Å²) < 4.78 is 11.1. The standard InChI is InChI=1S/C17H20N2O4S/c1-5-10(2)23-13-7-6-11(9-14(13)22-4)8-12-15(20)18-17(24)19(3)16(12)21/h6-10H,5H2,1-4H3,(H,18,20,24)/b12-8+. The number of benzene rings is 1. The molecule has 1 fully saturated rings. The van der Waals surface area contributed by atoms with E-state index in [9.17, 15) is 9.59 Å². The second kappa shape index (κ2) is 7.44. The Balaban J connectivity index is 2.34. The number of likely N-dealkylation sites (N-methyl/N-ethyl adjacent to an activating group) is 1. The highest BCUT2D eigenvalue weighted by atomic mass is 32.1. The van der Waals surface area contributed by atoms with Gasteiger partial charge in [0.15, 0.2) is 16.6 Å². The van der Waals surface area contributed by atoms with Crippen molar-refractivity contribution in [2.24, 2.45) is 0 Å². The van der Waals surface area contributed by atoms with Crippen molar-refractivity contribution in [3.63, 3.8) is 0 Å². The normalized spacial score (nSPS) is 17.8. The monoisotopic (exact) mass is 348 g/mol. The van der Waals surface area contributed by atoms with E-state index in [1.54, 1.807) is 25.3 Å². The molecule has 1 aromatic rings. The zero-order valence-corrected chi connectivity index (χ0v) is 14.9. The smallest absolute Gasteiger partial charge is 0.265 e. The van der Waals surface area contributed by atoms with Crippen LogP contribution in [0.15, 0.2) is 23.8 Å². The summed E-state index contributed by atoms with van der Waals surface area (Å²) in [4.78, 5) is 25.4. The molecule has 0 radical (unpaired) electrons. The average molecular weight is 348 g/mol. The van der Waals surface area contributed by atoms with Gasteiger partial charge >= 0.3 is 0 Å². The van der Waals surface area contributed by atoms with Gasteiger partial charge < -0.3 is 9.47 Å². The molecule has 0 spiro atoms. The largest absolute Gasteiger partial charge is 0.493 e. The molecule has 7 heteroatoms. The second-order valence-electron chi connectivity index (χ2n) is 5.43. The molecular formula is C17H20N2O4S. The fraction of sp³-hybridized carbons (Fsp3) is 0.353. The molecule has 1 unspecified atom stereocenters. The van der Waals surface area contributed by atoms with E-state index in [2.05, 4.69) is 5.32 Å². The maximum Gasteiger partial charge on any atom is 0.265 e. The van der Waals surface area contributed by atoms with Crippen LogP contribution >= 0.6 is 12.2 Å². The second-order valence-corrected chi connectivity index (χ2v) is 5.82. The molecule has 1 saturated heterocycles. The van der Waals surface area contributed by atoms with Crippen LogP contribution in [-0.4, -0.2) is 42.1 Å². The Bertz CT molecular complexity index is 715. The number of ether oxygens (including phenoxy) is 2. The minimum Gasteiger partial charge on any atom is -0.493 e. The van der Waals surface area contributed by atoms with E-state index in [-0.39, 0.29) is 16.8 Å². The summed E-state index contributed by atoms with van der Waals surface area (Å²) in [6.45, 7) is 4.00. The van der Waals surface area contributed by atoms with Crippen molar-refractivity contribution >= 4 is 35.2 Å². The first-order chi connectivity index (χ1) is 11.4. The fourth-order valence-electron chi connectivity index (χ4n) is 2.08. The summed E-state index contributed by atoms with van der Waals surface area (Å²) >= 11 is 4.92. The molecule has 2 rings (SSSR count). The molecule has 0 aromatic heterocycles. The van der Waals surface area contributed by atoms with Crippen LogP contribution in [0.25, 0.3) is 6.08 Å². The number of amides is 2. The number of nitrogens with zero attached hydrogens (tertiary/aromatic N) is 1. The Morgan fingerprint density at radius 3 is 2.67 bits per heavy atom.